The number of benzene rings is 1. The van der Waals surface area contributed by atoms with Gasteiger partial charge in [0.25, 0.3) is 0 Å². The molecule has 7 heteroatoms. The molecule has 1 N–H and O–H groups in total. The lowest BCUT2D eigenvalue weighted by atomic mass is 10.3. The predicted octanol–water partition coefficient (Wildman–Crippen LogP) is 1.46. The third kappa shape index (κ3) is 2.83. The van der Waals surface area contributed by atoms with E-state index in [0.717, 1.165) is 25.1 Å². The molecule has 1 heterocycles. The molecule has 1 saturated heterocycles. The summed E-state index contributed by atoms with van der Waals surface area (Å²) in [5.41, 5.74) is 0. The molecule has 0 aromatic heterocycles. The van der Waals surface area contributed by atoms with Crippen molar-refractivity contribution in [3.8, 4) is 0 Å². The topological polar surface area (TPSA) is 49.4 Å². The smallest absolute Gasteiger partial charge is 0.243 e. The molecule has 0 amide bonds. The van der Waals surface area contributed by atoms with Gasteiger partial charge in [0.15, 0.2) is 0 Å². The fourth-order valence-electron chi connectivity index (χ4n) is 1.85. The average molecular weight is 293 g/mol. The Morgan fingerprint density at radius 2 is 2.06 bits per heavy atom. The van der Waals surface area contributed by atoms with Crippen molar-refractivity contribution in [1.82, 2.24) is 9.62 Å². The summed E-state index contributed by atoms with van der Waals surface area (Å²) in [6.45, 7) is 2.30. The van der Waals surface area contributed by atoms with Crippen LogP contribution in [0.3, 0.4) is 0 Å². The van der Waals surface area contributed by atoms with Gasteiger partial charge in [-0.05, 0) is 31.2 Å². The van der Waals surface area contributed by atoms with Crippen LogP contribution in [0, 0.1) is 5.82 Å². The fourth-order valence-corrected chi connectivity index (χ4v) is 3.60. The Kier molecular flexibility index (Phi) is 4.21. The van der Waals surface area contributed by atoms with Crippen LogP contribution in [0.1, 0.15) is 6.42 Å². The summed E-state index contributed by atoms with van der Waals surface area (Å²) in [6.07, 6.45) is 0.758. The van der Waals surface area contributed by atoms with Crippen LogP contribution in [0.4, 0.5) is 4.39 Å². The zero-order valence-corrected chi connectivity index (χ0v) is 11.3. The van der Waals surface area contributed by atoms with E-state index < -0.39 is 15.8 Å². The minimum absolute atomic E-state index is 0.0378. The van der Waals surface area contributed by atoms with E-state index in [-0.39, 0.29) is 9.92 Å². The van der Waals surface area contributed by atoms with Crippen LogP contribution in [-0.4, -0.2) is 38.9 Å². The van der Waals surface area contributed by atoms with Crippen LogP contribution in [0.15, 0.2) is 23.1 Å². The third-order valence-corrected chi connectivity index (χ3v) is 5.01. The molecule has 1 aliphatic rings. The average Bonchev–Trinajstić information content (AvgIpc) is 2.61. The summed E-state index contributed by atoms with van der Waals surface area (Å²) in [5.74, 6) is -0.617. The molecule has 1 aromatic carbocycles. The van der Waals surface area contributed by atoms with E-state index in [1.165, 1.54) is 10.4 Å². The van der Waals surface area contributed by atoms with Gasteiger partial charge in [-0.2, -0.15) is 4.31 Å². The Bertz CT molecular complexity index is 528. The van der Waals surface area contributed by atoms with Crippen LogP contribution in [0.25, 0.3) is 0 Å². The normalized spacial score (nSPS) is 18.6. The Balaban J connectivity index is 2.31. The maximum absolute atomic E-state index is 13.0. The van der Waals surface area contributed by atoms with Crippen molar-refractivity contribution in [3.05, 3.63) is 29.0 Å². The van der Waals surface area contributed by atoms with Gasteiger partial charge in [-0.25, -0.2) is 12.8 Å². The molecular formula is C11H14ClFN2O2S. The summed E-state index contributed by atoms with van der Waals surface area (Å²) in [4.78, 5) is 0.0378. The summed E-state index contributed by atoms with van der Waals surface area (Å²) in [5, 5.41) is 2.95. The van der Waals surface area contributed by atoms with Crippen LogP contribution >= 0.6 is 11.6 Å². The summed E-state index contributed by atoms with van der Waals surface area (Å²) in [6, 6.07) is 3.48. The van der Waals surface area contributed by atoms with E-state index in [9.17, 15) is 12.8 Å². The zero-order chi connectivity index (χ0) is 13.2. The van der Waals surface area contributed by atoms with Crippen molar-refractivity contribution in [3.63, 3.8) is 0 Å². The molecular weight excluding hydrogens is 279 g/mol. The lowest BCUT2D eigenvalue weighted by Crippen LogP contribution is -2.34. The second-order valence-corrected chi connectivity index (χ2v) is 6.43. The first kappa shape index (κ1) is 13.7. The van der Waals surface area contributed by atoms with Crippen molar-refractivity contribution in [1.29, 1.82) is 0 Å². The largest absolute Gasteiger partial charge is 0.315 e. The van der Waals surface area contributed by atoms with E-state index in [1.54, 1.807) is 0 Å². The number of hydrogen-bond acceptors (Lipinski definition) is 3. The maximum Gasteiger partial charge on any atom is 0.243 e. The molecule has 0 aliphatic carbocycles. The minimum atomic E-state index is -3.58. The molecule has 100 valence electrons. The molecule has 0 spiro atoms. The van der Waals surface area contributed by atoms with Crippen molar-refractivity contribution in [2.24, 2.45) is 0 Å². The molecule has 18 heavy (non-hydrogen) atoms. The van der Waals surface area contributed by atoms with E-state index in [1.807, 2.05) is 0 Å². The first-order valence-electron chi connectivity index (χ1n) is 5.68. The van der Waals surface area contributed by atoms with Gasteiger partial charge in [0.05, 0.1) is 9.92 Å². The summed E-state index contributed by atoms with van der Waals surface area (Å²) < 4.78 is 39.1. The molecule has 1 aliphatic heterocycles. The van der Waals surface area contributed by atoms with Crippen molar-refractivity contribution >= 4 is 21.6 Å². The van der Waals surface area contributed by atoms with Gasteiger partial charge in [-0.1, -0.05) is 11.6 Å². The number of nitrogens with zero attached hydrogens (tertiary/aromatic N) is 1. The molecule has 0 radical (unpaired) electrons. The lowest BCUT2D eigenvalue weighted by Gasteiger charge is -2.19. The summed E-state index contributed by atoms with van der Waals surface area (Å²) >= 11 is 5.62. The Labute approximate surface area is 111 Å². The van der Waals surface area contributed by atoms with Gasteiger partial charge in [0.2, 0.25) is 10.0 Å². The molecule has 0 saturated carbocycles. The van der Waals surface area contributed by atoms with Crippen LogP contribution in [0.5, 0.6) is 0 Å². The number of halogens is 2. The quantitative estimate of drug-likeness (QED) is 0.898. The van der Waals surface area contributed by atoms with Crippen molar-refractivity contribution in [2.45, 2.75) is 11.3 Å². The Hall–Kier alpha value is -0.690. The SMILES string of the molecule is O=S(=O)(c1ccc(F)c(Cl)c1)N1CCCNCC1. The predicted molar refractivity (Wildman–Crippen MR) is 67.7 cm³/mol. The lowest BCUT2D eigenvalue weighted by molar-refractivity contribution is 0.432. The molecule has 0 unspecified atom stereocenters. The second kappa shape index (κ2) is 5.52. The zero-order valence-electron chi connectivity index (χ0n) is 9.70. The number of sulfonamides is 1. The van der Waals surface area contributed by atoms with Crippen LogP contribution in [-0.2, 0) is 10.0 Å². The monoisotopic (exact) mass is 292 g/mol. The molecule has 1 aromatic rings. The second-order valence-electron chi connectivity index (χ2n) is 4.08. The highest BCUT2D eigenvalue weighted by atomic mass is 35.5. The number of hydrogen-bond donors (Lipinski definition) is 1. The van der Waals surface area contributed by atoms with E-state index in [2.05, 4.69) is 5.32 Å². The molecule has 0 atom stereocenters. The Morgan fingerprint density at radius 1 is 1.28 bits per heavy atom. The van der Waals surface area contributed by atoms with Gasteiger partial charge < -0.3 is 5.32 Å². The van der Waals surface area contributed by atoms with Crippen molar-refractivity contribution in [2.75, 3.05) is 26.2 Å². The number of rotatable bonds is 2. The first-order chi connectivity index (χ1) is 8.51. The van der Waals surface area contributed by atoms with Gasteiger partial charge >= 0.3 is 0 Å². The highest BCUT2D eigenvalue weighted by molar-refractivity contribution is 7.89. The minimum Gasteiger partial charge on any atom is -0.315 e. The van der Waals surface area contributed by atoms with E-state index >= 15 is 0 Å². The molecule has 1 fully saturated rings. The highest BCUT2D eigenvalue weighted by Gasteiger charge is 2.25. The standard InChI is InChI=1S/C11H14ClFN2O2S/c12-10-8-9(2-3-11(10)13)18(16,17)15-6-1-4-14-5-7-15/h2-3,8,14H,1,4-7H2. The molecule has 4 nitrogen and oxygen atoms in total. The van der Waals surface area contributed by atoms with Gasteiger partial charge in [-0.15, -0.1) is 0 Å². The third-order valence-electron chi connectivity index (χ3n) is 2.83. The van der Waals surface area contributed by atoms with Gasteiger partial charge in [-0.3, -0.25) is 0 Å². The van der Waals surface area contributed by atoms with E-state index in [4.69, 9.17) is 11.6 Å². The fraction of sp³-hybridized carbons (Fsp3) is 0.455. The molecule has 0 bridgehead atoms. The highest BCUT2D eigenvalue weighted by Crippen LogP contribution is 2.22. The van der Waals surface area contributed by atoms with Gasteiger partial charge in [0, 0.05) is 19.6 Å². The van der Waals surface area contributed by atoms with Crippen LogP contribution < -0.4 is 5.32 Å². The van der Waals surface area contributed by atoms with Gasteiger partial charge in [0.1, 0.15) is 5.82 Å². The van der Waals surface area contributed by atoms with Crippen LogP contribution in [0.2, 0.25) is 5.02 Å². The Morgan fingerprint density at radius 3 is 2.78 bits per heavy atom. The number of nitrogens with one attached hydrogen (secondary N) is 1. The maximum atomic E-state index is 13.0. The first-order valence-corrected chi connectivity index (χ1v) is 7.49. The summed E-state index contributed by atoms with van der Waals surface area (Å²) in [7, 11) is -3.58. The molecule has 2 rings (SSSR count). The van der Waals surface area contributed by atoms with Crippen molar-refractivity contribution < 1.29 is 12.8 Å². The van der Waals surface area contributed by atoms with E-state index in [0.29, 0.717) is 19.6 Å².